The average molecular weight is 236 g/mol. The van der Waals surface area contributed by atoms with Crippen molar-refractivity contribution >= 4 is 17.4 Å². The average Bonchev–Trinajstić information content (AvgIpc) is 2.20. The summed E-state index contributed by atoms with van der Waals surface area (Å²) in [6.07, 6.45) is 5.79. The topological polar surface area (TPSA) is 38.9 Å². The van der Waals surface area contributed by atoms with Crippen molar-refractivity contribution in [1.82, 2.24) is 4.98 Å². The lowest BCUT2D eigenvalue weighted by atomic mass is 9.83. The maximum Gasteiger partial charge on any atom is 0.119 e. The van der Waals surface area contributed by atoms with E-state index in [-0.39, 0.29) is 0 Å². The molecule has 0 aromatic carbocycles. The van der Waals surface area contributed by atoms with Crippen LogP contribution < -0.4 is 5.73 Å². The fourth-order valence-corrected chi connectivity index (χ4v) is 4.12. The van der Waals surface area contributed by atoms with Crippen molar-refractivity contribution in [2.75, 3.05) is 5.73 Å². The Kier molecular flexibility index (Phi) is 3.74. The van der Waals surface area contributed by atoms with Crippen LogP contribution in [0, 0.1) is 11.8 Å². The van der Waals surface area contributed by atoms with Gasteiger partial charge in [-0.05, 0) is 43.2 Å². The Labute approximate surface area is 102 Å². The lowest BCUT2D eigenvalue weighted by molar-refractivity contribution is 0.309. The van der Waals surface area contributed by atoms with Gasteiger partial charge in [-0.15, -0.1) is 11.8 Å². The van der Waals surface area contributed by atoms with Crippen molar-refractivity contribution < 1.29 is 0 Å². The fraction of sp³-hybridized carbons (Fsp3) is 0.615. The van der Waals surface area contributed by atoms with Crippen LogP contribution in [0.1, 0.15) is 33.1 Å². The van der Waals surface area contributed by atoms with E-state index in [2.05, 4.69) is 18.8 Å². The highest BCUT2D eigenvalue weighted by Gasteiger charge is 2.25. The van der Waals surface area contributed by atoms with Gasteiger partial charge >= 0.3 is 0 Å². The Balaban J connectivity index is 2.02. The first-order valence-electron chi connectivity index (χ1n) is 6.02. The number of nitrogens with two attached hydrogens (primary N) is 1. The lowest BCUT2D eigenvalue weighted by Gasteiger charge is -2.30. The molecule has 1 aliphatic rings. The first-order valence-corrected chi connectivity index (χ1v) is 6.90. The maximum atomic E-state index is 5.92. The molecule has 0 radical (unpaired) electrons. The molecule has 2 unspecified atom stereocenters. The van der Waals surface area contributed by atoms with Crippen molar-refractivity contribution in [3.63, 3.8) is 0 Å². The van der Waals surface area contributed by atoms with E-state index in [9.17, 15) is 0 Å². The normalized spacial score (nSPS) is 30.2. The Bertz CT molecular complexity index is 344. The Morgan fingerprint density at radius 3 is 2.56 bits per heavy atom. The van der Waals surface area contributed by atoms with E-state index in [1.807, 2.05) is 30.1 Å². The monoisotopic (exact) mass is 236 g/mol. The predicted molar refractivity (Wildman–Crippen MR) is 70.5 cm³/mol. The summed E-state index contributed by atoms with van der Waals surface area (Å²) < 4.78 is 0. The molecule has 0 bridgehead atoms. The van der Waals surface area contributed by atoms with Crippen LogP contribution in [0.15, 0.2) is 23.4 Å². The number of hydrogen-bond donors (Lipinski definition) is 1. The van der Waals surface area contributed by atoms with Crippen LogP contribution >= 0.6 is 11.8 Å². The molecule has 2 nitrogen and oxygen atoms in total. The van der Waals surface area contributed by atoms with Crippen LogP contribution in [0.25, 0.3) is 0 Å². The number of pyridine rings is 1. The van der Waals surface area contributed by atoms with Gasteiger partial charge in [0.25, 0.3) is 0 Å². The molecule has 1 aromatic rings. The molecule has 2 atom stereocenters. The molecular formula is C13H20N2S. The van der Waals surface area contributed by atoms with Crippen LogP contribution in [-0.2, 0) is 0 Å². The number of hydrogen-bond acceptors (Lipinski definition) is 3. The predicted octanol–water partition coefficient (Wildman–Crippen LogP) is 3.58. The first kappa shape index (κ1) is 11.8. The van der Waals surface area contributed by atoms with Crippen LogP contribution in [0.4, 0.5) is 5.69 Å². The highest BCUT2D eigenvalue weighted by molar-refractivity contribution is 8.00. The van der Waals surface area contributed by atoms with E-state index in [0.29, 0.717) is 5.25 Å². The third-order valence-corrected chi connectivity index (χ3v) is 4.50. The standard InChI is InChI=1S/C13H20N2S/c1-9-6-10(2)8-11(7-9)16-13-12(14)4-3-5-15-13/h3-5,9-11H,6-8,14H2,1-2H3. The van der Waals surface area contributed by atoms with E-state index in [1.165, 1.54) is 19.3 Å². The highest BCUT2D eigenvalue weighted by Crippen LogP contribution is 2.39. The molecule has 1 fully saturated rings. The van der Waals surface area contributed by atoms with Gasteiger partial charge < -0.3 is 5.73 Å². The molecule has 1 aliphatic carbocycles. The Hall–Kier alpha value is -0.700. The second-order valence-corrected chi connectivity index (χ2v) is 6.34. The summed E-state index contributed by atoms with van der Waals surface area (Å²) in [5.41, 5.74) is 6.74. The second-order valence-electron chi connectivity index (χ2n) is 5.06. The Morgan fingerprint density at radius 2 is 1.94 bits per heavy atom. The molecule has 0 amide bonds. The third-order valence-electron chi connectivity index (χ3n) is 3.21. The maximum absolute atomic E-state index is 5.92. The van der Waals surface area contributed by atoms with Crippen molar-refractivity contribution in [2.45, 2.75) is 43.4 Å². The highest BCUT2D eigenvalue weighted by atomic mass is 32.2. The van der Waals surface area contributed by atoms with Crippen LogP contribution in [0.2, 0.25) is 0 Å². The smallest absolute Gasteiger partial charge is 0.119 e. The quantitative estimate of drug-likeness (QED) is 0.853. The molecule has 1 aromatic heterocycles. The number of anilines is 1. The summed E-state index contributed by atoms with van der Waals surface area (Å²) >= 11 is 1.86. The van der Waals surface area contributed by atoms with E-state index < -0.39 is 0 Å². The molecular weight excluding hydrogens is 216 g/mol. The summed E-state index contributed by atoms with van der Waals surface area (Å²) in [5.74, 6) is 1.68. The minimum absolute atomic E-state index is 0.691. The fourth-order valence-electron chi connectivity index (χ4n) is 2.63. The zero-order chi connectivity index (χ0) is 11.5. The lowest BCUT2D eigenvalue weighted by Crippen LogP contribution is -2.21. The van der Waals surface area contributed by atoms with Gasteiger partial charge in [0.2, 0.25) is 0 Å². The van der Waals surface area contributed by atoms with Crippen molar-refractivity contribution in [1.29, 1.82) is 0 Å². The molecule has 0 spiro atoms. The summed E-state index contributed by atoms with van der Waals surface area (Å²) in [7, 11) is 0. The van der Waals surface area contributed by atoms with E-state index in [0.717, 1.165) is 22.5 Å². The molecule has 0 aliphatic heterocycles. The number of rotatable bonds is 2. The minimum atomic E-state index is 0.691. The number of nitrogen functional groups attached to an aromatic ring is 1. The molecule has 3 heteroatoms. The van der Waals surface area contributed by atoms with Crippen LogP contribution in [0.5, 0.6) is 0 Å². The summed E-state index contributed by atoms with van der Waals surface area (Å²) in [6.45, 7) is 4.70. The van der Waals surface area contributed by atoms with Gasteiger partial charge in [0, 0.05) is 11.4 Å². The van der Waals surface area contributed by atoms with Gasteiger partial charge in [0.05, 0.1) is 5.69 Å². The van der Waals surface area contributed by atoms with Crippen molar-refractivity contribution in [3.8, 4) is 0 Å². The van der Waals surface area contributed by atoms with E-state index >= 15 is 0 Å². The zero-order valence-corrected chi connectivity index (χ0v) is 10.8. The van der Waals surface area contributed by atoms with Crippen molar-refractivity contribution in [3.05, 3.63) is 18.3 Å². The summed E-state index contributed by atoms with van der Waals surface area (Å²) in [5, 5.41) is 1.70. The van der Waals surface area contributed by atoms with E-state index in [4.69, 9.17) is 5.73 Å². The van der Waals surface area contributed by atoms with Gasteiger partial charge in [0.1, 0.15) is 5.03 Å². The first-order chi connectivity index (χ1) is 7.65. The molecule has 1 saturated carbocycles. The largest absolute Gasteiger partial charge is 0.397 e. The minimum Gasteiger partial charge on any atom is -0.397 e. The molecule has 2 N–H and O–H groups in total. The number of aromatic nitrogens is 1. The van der Waals surface area contributed by atoms with E-state index in [1.54, 1.807) is 0 Å². The molecule has 0 saturated heterocycles. The van der Waals surface area contributed by atoms with Crippen LogP contribution in [-0.4, -0.2) is 10.2 Å². The second kappa shape index (κ2) is 5.09. The zero-order valence-electron chi connectivity index (χ0n) is 10.0. The third kappa shape index (κ3) is 2.91. The van der Waals surface area contributed by atoms with Crippen molar-refractivity contribution in [2.24, 2.45) is 11.8 Å². The van der Waals surface area contributed by atoms with Gasteiger partial charge in [-0.1, -0.05) is 13.8 Å². The van der Waals surface area contributed by atoms with Gasteiger partial charge in [-0.3, -0.25) is 0 Å². The molecule has 1 heterocycles. The molecule has 88 valence electrons. The van der Waals surface area contributed by atoms with Gasteiger partial charge in [-0.2, -0.15) is 0 Å². The SMILES string of the molecule is CC1CC(C)CC(Sc2ncccc2N)C1. The summed E-state index contributed by atoms with van der Waals surface area (Å²) in [6, 6.07) is 3.83. The number of nitrogens with zero attached hydrogens (tertiary/aromatic N) is 1. The number of thioether (sulfide) groups is 1. The van der Waals surface area contributed by atoms with Gasteiger partial charge in [0.15, 0.2) is 0 Å². The molecule has 16 heavy (non-hydrogen) atoms. The Morgan fingerprint density at radius 1 is 1.25 bits per heavy atom. The molecule has 2 rings (SSSR count). The van der Waals surface area contributed by atoms with Gasteiger partial charge in [-0.25, -0.2) is 4.98 Å². The summed E-state index contributed by atoms with van der Waals surface area (Å²) in [4.78, 5) is 4.36. The van der Waals surface area contributed by atoms with Crippen LogP contribution in [0.3, 0.4) is 0 Å².